The highest BCUT2D eigenvalue weighted by Gasteiger charge is 2.29. The third-order valence-electron chi connectivity index (χ3n) is 7.05. The van der Waals surface area contributed by atoms with E-state index in [0.717, 1.165) is 23.0 Å². The van der Waals surface area contributed by atoms with Gasteiger partial charge in [0.2, 0.25) is 5.95 Å². The van der Waals surface area contributed by atoms with Crippen LogP contribution in [-0.4, -0.2) is 66.4 Å². The van der Waals surface area contributed by atoms with Crippen LogP contribution in [0.4, 0.5) is 10.7 Å². The first kappa shape index (κ1) is 31.3. The van der Waals surface area contributed by atoms with Gasteiger partial charge in [0.1, 0.15) is 5.60 Å². The van der Waals surface area contributed by atoms with Crippen LogP contribution in [0.5, 0.6) is 0 Å². The molecule has 1 amide bonds. The largest absolute Gasteiger partial charge is 0.478 e. The minimum Gasteiger partial charge on any atom is -0.478 e. The highest BCUT2D eigenvalue weighted by atomic mass is 16.6. The first-order valence-corrected chi connectivity index (χ1v) is 14.1. The second-order valence-electron chi connectivity index (χ2n) is 11.9. The van der Waals surface area contributed by atoms with Crippen LogP contribution < -0.4 is 21.5 Å². The van der Waals surface area contributed by atoms with Gasteiger partial charge in [0.05, 0.1) is 12.1 Å². The lowest BCUT2D eigenvalue weighted by atomic mass is 10.1. The zero-order valence-electron chi connectivity index (χ0n) is 25.3. The van der Waals surface area contributed by atoms with Gasteiger partial charge < -0.3 is 24.6 Å². The number of anilines is 1. The lowest BCUT2D eigenvalue weighted by Crippen LogP contribution is -2.49. The number of Topliss-reactive ketones (excluding diaryl/α,β-unsaturated/α-hetero) is 1. The Morgan fingerprint density at radius 1 is 1.14 bits per heavy atom. The van der Waals surface area contributed by atoms with Crippen LogP contribution in [-0.2, 0) is 24.9 Å². The summed E-state index contributed by atoms with van der Waals surface area (Å²) in [5, 5.41) is 12.2. The van der Waals surface area contributed by atoms with Crippen molar-refractivity contribution < 1.29 is 24.2 Å². The molecule has 1 aliphatic rings. The molecule has 0 saturated carbocycles. The third-order valence-corrected chi connectivity index (χ3v) is 7.05. The number of nitrogens with zero attached hydrogens (tertiary/aromatic N) is 5. The van der Waals surface area contributed by atoms with E-state index < -0.39 is 41.2 Å². The molecule has 13 heteroatoms. The number of rotatable bonds is 8. The Morgan fingerprint density at radius 3 is 2.49 bits per heavy atom. The summed E-state index contributed by atoms with van der Waals surface area (Å²) < 4.78 is 9.24. The number of aromatic nitrogens is 4. The minimum atomic E-state index is -1.19. The van der Waals surface area contributed by atoms with Gasteiger partial charge in [-0.2, -0.15) is 4.98 Å². The Balaban J connectivity index is 1.76. The van der Waals surface area contributed by atoms with Crippen molar-refractivity contribution >= 4 is 35.0 Å². The summed E-state index contributed by atoms with van der Waals surface area (Å²) in [6, 6.07) is 5.23. The first-order valence-electron chi connectivity index (χ1n) is 14.1. The van der Waals surface area contributed by atoms with Gasteiger partial charge in [-0.15, -0.1) is 0 Å². The molecule has 0 bridgehead atoms. The molecule has 0 radical (unpaired) electrons. The van der Waals surface area contributed by atoms with Gasteiger partial charge in [-0.25, -0.2) is 14.4 Å². The Kier molecular flexibility index (Phi) is 8.93. The molecule has 3 heterocycles. The Morgan fingerprint density at radius 2 is 1.84 bits per heavy atom. The van der Waals surface area contributed by atoms with Gasteiger partial charge in [-0.05, 0) is 59.6 Å². The molecule has 1 fully saturated rings. The summed E-state index contributed by atoms with van der Waals surface area (Å²) in [7, 11) is 1.49. The molecular weight excluding hydrogens is 556 g/mol. The van der Waals surface area contributed by atoms with Crippen molar-refractivity contribution in [2.45, 2.75) is 72.2 Å². The van der Waals surface area contributed by atoms with Crippen LogP contribution >= 0.6 is 0 Å². The van der Waals surface area contributed by atoms with Crippen LogP contribution in [0.25, 0.3) is 11.2 Å². The van der Waals surface area contributed by atoms with Crippen molar-refractivity contribution in [1.29, 1.82) is 0 Å². The number of ketones is 1. The number of hydrogen-bond donors (Lipinski definition) is 2. The Hall–Kier alpha value is -4.68. The zero-order valence-corrected chi connectivity index (χ0v) is 25.3. The highest BCUT2D eigenvalue weighted by molar-refractivity contribution is 5.98. The molecule has 3 aromatic rings. The van der Waals surface area contributed by atoms with Crippen molar-refractivity contribution in [1.82, 2.24) is 24.0 Å². The molecule has 1 unspecified atom stereocenters. The van der Waals surface area contributed by atoms with Gasteiger partial charge in [-0.1, -0.05) is 23.8 Å². The van der Waals surface area contributed by atoms with Crippen LogP contribution in [0.2, 0.25) is 0 Å². The van der Waals surface area contributed by atoms with Crippen molar-refractivity contribution in [3.63, 3.8) is 0 Å². The van der Waals surface area contributed by atoms with E-state index in [9.17, 15) is 29.1 Å². The molecule has 2 N–H and O–H groups in total. The molecule has 1 aromatic carbocycles. The Bertz CT molecular complexity index is 1720. The standard InChI is InChI=1S/C30H38N6O7/c1-18(2)12-14-35-23-24(32-27(35)34-13-8-11-21(16-34)31-28(41)43-30(3,4)5)33(6)29(42)36(25(23)38)17-22(37)19-9-7-10-20(15-19)26(39)40/h7,9-10,12,15,21H,8,11,13-14,16-17H2,1-6H3,(H,31,41)(H,39,40). The zero-order chi connectivity index (χ0) is 31.6. The number of alkyl carbamates (subject to hydrolysis) is 1. The maximum absolute atomic E-state index is 13.9. The van der Waals surface area contributed by atoms with E-state index in [1.165, 1.54) is 35.9 Å². The number of piperidine rings is 1. The van der Waals surface area contributed by atoms with E-state index in [4.69, 9.17) is 9.72 Å². The molecule has 13 nitrogen and oxygen atoms in total. The summed E-state index contributed by atoms with van der Waals surface area (Å²) in [4.78, 5) is 70.9. The summed E-state index contributed by atoms with van der Waals surface area (Å²) in [5.41, 5.74) is -0.702. The molecule has 1 aliphatic heterocycles. The van der Waals surface area contributed by atoms with Gasteiger partial charge >= 0.3 is 17.8 Å². The molecule has 1 saturated heterocycles. The van der Waals surface area contributed by atoms with E-state index in [0.29, 0.717) is 19.0 Å². The third kappa shape index (κ3) is 7.04. The molecular formula is C30H38N6O7. The van der Waals surface area contributed by atoms with Gasteiger partial charge in [0.15, 0.2) is 16.9 Å². The lowest BCUT2D eigenvalue weighted by Gasteiger charge is -2.34. The summed E-state index contributed by atoms with van der Waals surface area (Å²) in [6.07, 6.45) is 2.91. The average Bonchev–Trinajstić information content (AvgIpc) is 3.32. The predicted molar refractivity (Wildman–Crippen MR) is 161 cm³/mol. The number of nitrogens with one attached hydrogen (secondary N) is 1. The number of carbonyl (C=O) groups is 3. The fraction of sp³-hybridized carbons (Fsp3) is 0.467. The molecule has 43 heavy (non-hydrogen) atoms. The average molecular weight is 595 g/mol. The predicted octanol–water partition coefficient (Wildman–Crippen LogP) is 2.94. The number of imidazole rings is 1. The molecule has 2 aromatic heterocycles. The summed E-state index contributed by atoms with van der Waals surface area (Å²) in [5.74, 6) is -1.31. The summed E-state index contributed by atoms with van der Waals surface area (Å²) in [6.45, 7) is 9.99. The number of carboxylic acid groups (broad SMARTS) is 1. The fourth-order valence-corrected chi connectivity index (χ4v) is 5.00. The molecule has 0 spiro atoms. The van der Waals surface area contributed by atoms with Gasteiger partial charge in [0.25, 0.3) is 5.56 Å². The second-order valence-corrected chi connectivity index (χ2v) is 11.9. The monoisotopic (exact) mass is 594 g/mol. The number of amides is 1. The van der Waals surface area contributed by atoms with E-state index in [2.05, 4.69) is 5.32 Å². The number of aromatic carboxylic acids is 1. The second kappa shape index (κ2) is 12.3. The van der Waals surface area contributed by atoms with Crippen LogP contribution in [0.3, 0.4) is 0 Å². The number of hydrogen-bond acceptors (Lipinski definition) is 8. The summed E-state index contributed by atoms with van der Waals surface area (Å²) >= 11 is 0. The van der Waals surface area contributed by atoms with Crippen molar-refractivity contribution in [3.8, 4) is 0 Å². The Labute approximate surface area is 248 Å². The van der Waals surface area contributed by atoms with E-state index in [-0.39, 0.29) is 34.9 Å². The first-order chi connectivity index (χ1) is 20.2. The smallest absolute Gasteiger partial charge is 0.407 e. The number of allylic oxidation sites excluding steroid dienone is 2. The molecule has 1 atom stereocenters. The van der Waals surface area contributed by atoms with Crippen LogP contribution in [0.1, 0.15) is 68.2 Å². The number of ether oxygens (including phenoxy) is 1. The van der Waals surface area contributed by atoms with Crippen LogP contribution in [0, 0.1) is 0 Å². The number of benzene rings is 1. The van der Waals surface area contributed by atoms with Gasteiger partial charge in [-0.3, -0.25) is 18.7 Å². The van der Waals surface area contributed by atoms with Gasteiger partial charge in [0, 0.05) is 38.3 Å². The van der Waals surface area contributed by atoms with Crippen molar-refractivity contribution in [2.75, 3.05) is 18.0 Å². The van der Waals surface area contributed by atoms with E-state index >= 15 is 0 Å². The highest BCUT2D eigenvalue weighted by Crippen LogP contribution is 2.24. The van der Waals surface area contributed by atoms with E-state index in [1.54, 1.807) is 25.3 Å². The van der Waals surface area contributed by atoms with Crippen LogP contribution in [0.15, 0.2) is 45.5 Å². The quantitative estimate of drug-likeness (QED) is 0.295. The molecule has 4 rings (SSSR count). The van der Waals surface area contributed by atoms with Crippen molar-refractivity contribution in [3.05, 3.63) is 67.9 Å². The normalized spacial score (nSPS) is 15.3. The molecule has 0 aliphatic carbocycles. The van der Waals surface area contributed by atoms with E-state index in [1.807, 2.05) is 24.8 Å². The maximum Gasteiger partial charge on any atom is 0.407 e. The number of aryl methyl sites for hydroxylation is 1. The number of carbonyl (C=O) groups excluding carboxylic acids is 2. The topological polar surface area (TPSA) is 158 Å². The number of fused-ring (bicyclic) bond motifs is 1. The van der Waals surface area contributed by atoms with Crippen molar-refractivity contribution in [2.24, 2.45) is 7.05 Å². The fourth-order valence-electron chi connectivity index (χ4n) is 5.00. The molecule has 230 valence electrons. The maximum atomic E-state index is 13.9. The minimum absolute atomic E-state index is 0.0736. The lowest BCUT2D eigenvalue weighted by molar-refractivity contribution is 0.0499. The number of carboxylic acids is 1. The SMILES string of the molecule is CC(C)=CCn1c(N2CCCC(NC(=O)OC(C)(C)C)C2)nc2c1c(=O)n(CC(=O)c1cccc(C(=O)O)c1)c(=O)n2C.